The van der Waals surface area contributed by atoms with Gasteiger partial charge in [0.15, 0.2) is 0 Å². The molecule has 0 aliphatic carbocycles. The summed E-state index contributed by atoms with van der Waals surface area (Å²) in [4.78, 5) is 12.8. The molecule has 1 fully saturated rings. The summed E-state index contributed by atoms with van der Waals surface area (Å²) < 4.78 is 0. The van der Waals surface area contributed by atoms with E-state index in [0.717, 1.165) is 19.4 Å². The standard InChI is InChI=1S/C7H13N3O/c8-4-6-2-1-3-10(6)7(11)5-9/h4,6,8H,1-3,5,9H2. The first kappa shape index (κ1) is 8.20. The maximum absolute atomic E-state index is 11.1. The molecule has 0 bridgehead atoms. The van der Waals surface area contributed by atoms with E-state index in [1.165, 1.54) is 6.21 Å². The van der Waals surface area contributed by atoms with Crippen LogP contribution in [0.3, 0.4) is 0 Å². The zero-order valence-corrected chi connectivity index (χ0v) is 6.42. The summed E-state index contributed by atoms with van der Waals surface area (Å²) in [5.41, 5.74) is 5.20. The quantitative estimate of drug-likeness (QED) is 0.532. The molecule has 1 aliphatic heterocycles. The van der Waals surface area contributed by atoms with Crippen molar-refractivity contribution < 1.29 is 4.79 Å². The molecule has 0 saturated carbocycles. The summed E-state index contributed by atoms with van der Waals surface area (Å²) in [5.74, 6) is -0.0454. The molecule has 3 N–H and O–H groups in total. The minimum Gasteiger partial charge on any atom is -0.334 e. The maximum atomic E-state index is 11.1. The molecule has 1 unspecified atom stereocenters. The summed E-state index contributed by atoms with van der Waals surface area (Å²) in [7, 11) is 0. The van der Waals surface area contributed by atoms with Gasteiger partial charge in [0, 0.05) is 12.8 Å². The molecule has 1 rings (SSSR count). The minimum atomic E-state index is -0.0454. The Balaban J connectivity index is 2.56. The molecule has 11 heavy (non-hydrogen) atoms. The number of carbonyl (C=O) groups excluding carboxylic acids is 1. The molecule has 1 atom stereocenters. The fourth-order valence-corrected chi connectivity index (χ4v) is 1.39. The molecule has 1 amide bonds. The molecule has 1 aliphatic rings. The lowest BCUT2D eigenvalue weighted by molar-refractivity contribution is -0.129. The number of hydrogen-bond donors (Lipinski definition) is 2. The predicted octanol–water partition coefficient (Wildman–Crippen LogP) is -0.414. The Morgan fingerprint density at radius 1 is 1.82 bits per heavy atom. The molecule has 4 nitrogen and oxygen atoms in total. The van der Waals surface area contributed by atoms with Gasteiger partial charge in [-0.1, -0.05) is 0 Å². The molecule has 4 heteroatoms. The van der Waals surface area contributed by atoms with Crippen molar-refractivity contribution in [1.82, 2.24) is 4.90 Å². The summed E-state index contributed by atoms with van der Waals surface area (Å²) in [5, 5.41) is 7.04. The van der Waals surface area contributed by atoms with Crippen LogP contribution < -0.4 is 5.73 Å². The zero-order valence-electron chi connectivity index (χ0n) is 6.42. The summed E-state index contributed by atoms with van der Waals surface area (Å²) in [6.45, 7) is 0.820. The number of likely N-dealkylation sites (tertiary alicyclic amines) is 1. The highest BCUT2D eigenvalue weighted by Crippen LogP contribution is 2.14. The molecule has 0 aromatic heterocycles. The summed E-state index contributed by atoms with van der Waals surface area (Å²) >= 11 is 0. The van der Waals surface area contributed by atoms with Crippen LogP contribution in [0.15, 0.2) is 0 Å². The lowest BCUT2D eigenvalue weighted by atomic mass is 10.2. The third kappa shape index (κ3) is 1.57. The molecule has 0 aromatic carbocycles. The van der Waals surface area contributed by atoms with Gasteiger partial charge in [0.1, 0.15) is 0 Å². The van der Waals surface area contributed by atoms with E-state index in [-0.39, 0.29) is 18.5 Å². The number of nitrogens with zero attached hydrogens (tertiary/aromatic N) is 1. The number of amides is 1. The minimum absolute atomic E-state index is 0.00560. The van der Waals surface area contributed by atoms with Gasteiger partial charge < -0.3 is 16.0 Å². The molecule has 0 radical (unpaired) electrons. The van der Waals surface area contributed by atoms with Gasteiger partial charge in [0.25, 0.3) is 0 Å². The molecule has 1 heterocycles. The number of nitrogens with one attached hydrogen (secondary N) is 1. The van der Waals surface area contributed by atoms with Crippen LogP contribution in [0.2, 0.25) is 0 Å². The van der Waals surface area contributed by atoms with Crippen molar-refractivity contribution in [3.05, 3.63) is 0 Å². The highest BCUT2D eigenvalue weighted by Gasteiger charge is 2.25. The van der Waals surface area contributed by atoms with E-state index in [1.807, 2.05) is 0 Å². The van der Waals surface area contributed by atoms with Crippen LogP contribution in [-0.4, -0.2) is 36.2 Å². The Bertz CT molecular complexity index is 169. The smallest absolute Gasteiger partial charge is 0.236 e. The zero-order chi connectivity index (χ0) is 8.27. The topological polar surface area (TPSA) is 70.2 Å². The number of carbonyl (C=O) groups is 1. The predicted molar refractivity (Wildman–Crippen MR) is 42.6 cm³/mol. The Morgan fingerprint density at radius 3 is 3.09 bits per heavy atom. The Kier molecular flexibility index (Phi) is 2.59. The Morgan fingerprint density at radius 2 is 2.55 bits per heavy atom. The van der Waals surface area contributed by atoms with Crippen LogP contribution in [0.5, 0.6) is 0 Å². The van der Waals surface area contributed by atoms with Gasteiger partial charge in [-0.2, -0.15) is 0 Å². The molecule has 0 spiro atoms. The molecule has 0 aromatic rings. The Hall–Kier alpha value is -0.900. The summed E-state index contributed by atoms with van der Waals surface area (Å²) in [6, 6.07) is 0.00560. The van der Waals surface area contributed by atoms with Gasteiger partial charge in [-0.3, -0.25) is 4.79 Å². The van der Waals surface area contributed by atoms with Crippen molar-refractivity contribution in [2.45, 2.75) is 18.9 Å². The highest BCUT2D eigenvalue weighted by atomic mass is 16.2. The number of rotatable bonds is 2. The van der Waals surface area contributed by atoms with E-state index in [1.54, 1.807) is 4.90 Å². The van der Waals surface area contributed by atoms with Crippen LogP contribution >= 0.6 is 0 Å². The molecule has 1 saturated heterocycles. The number of nitrogens with two attached hydrogens (primary N) is 1. The van der Waals surface area contributed by atoms with Gasteiger partial charge >= 0.3 is 0 Å². The van der Waals surface area contributed by atoms with Crippen LogP contribution in [0.1, 0.15) is 12.8 Å². The average molecular weight is 155 g/mol. The first-order valence-electron chi connectivity index (χ1n) is 3.79. The third-order valence-corrected chi connectivity index (χ3v) is 1.99. The van der Waals surface area contributed by atoms with E-state index in [0.29, 0.717) is 0 Å². The summed E-state index contributed by atoms with van der Waals surface area (Å²) in [6.07, 6.45) is 3.22. The number of hydrogen-bond acceptors (Lipinski definition) is 3. The van der Waals surface area contributed by atoms with Crippen molar-refractivity contribution in [3.63, 3.8) is 0 Å². The van der Waals surface area contributed by atoms with Gasteiger partial charge in [0.05, 0.1) is 12.6 Å². The monoisotopic (exact) mass is 155 g/mol. The second-order valence-corrected chi connectivity index (χ2v) is 2.67. The van der Waals surface area contributed by atoms with Gasteiger partial charge in [-0.05, 0) is 12.8 Å². The van der Waals surface area contributed by atoms with E-state index in [4.69, 9.17) is 11.1 Å². The second-order valence-electron chi connectivity index (χ2n) is 2.67. The van der Waals surface area contributed by atoms with E-state index < -0.39 is 0 Å². The van der Waals surface area contributed by atoms with Crippen LogP contribution in [0.4, 0.5) is 0 Å². The van der Waals surface area contributed by atoms with Crippen LogP contribution in [0, 0.1) is 5.41 Å². The first-order chi connectivity index (χ1) is 5.29. The van der Waals surface area contributed by atoms with Crippen molar-refractivity contribution in [1.29, 1.82) is 5.41 Å². The normalized spacial score (nSPS) is 23.7. The fraction of sp³-hybridized carbons (Fsp3) is 0.714. The fourth-order valence-electron chi connectivity index (χ4n) is 1.39. The first-order valence-corrected chi connectivity index (χ1v) is 3.79. The third-order valence-electron chi connectivity index (χ3n) is 1.99. The lowest BCUT2D eigenvalue weighted by Gasteiger charge is -2.19. The second kappa shape index (κ2) is 3.48. The van der Waals surface area contributed by atoms with Crippen molar-refractivity contribution in [2.24, 2.45) is 5.73 Å². The van der Waals surface area contributed by atoms with E-state index >= 15 is 0 Å². The molecular formula is C7H13N3O. The molecular weight excluding hydrogens is 142 g/mol. The van der Waals surface area contributed by atoms with Crippen LogP contribution in [-0.2, 0) is 4.79 Å². The van der Waals surface area contributed by atoms with Crippen molar-refractivity contribution in [2.75, 3.05) is 13.1 Å². The average Bonchev–Trinajstić information content (AvgIpc) is 2.50. The SMILES string of the molecule is N=CC1CCCN1C(=O)CN. The maximum Gasteiger partial charge on any atom is 0.236 e. The van der Waals surface area contributed by atoms with Crippen molar-refractivity contribution in [3.8, 4) is 0 Å². The lowest BCUT2D eigenvalue weighted by Crippen LogP contribution is -2.40. The van der Waals surface area contributed by atoms with Gasteiger partial charge in [-0.25, -0.2) is 0 Å². The molecule has 62 valence electrons. The van der Waals surface area contributed by atoms with Crippen LogP contribution in [0.25, 0.3) is 0 Å². The Labute approximate surface area is 65.9 Å². The largest absolute Gasteiger partial charge is 0.334 e. The van der Waals surface area contributed by atoms with Crippen molar-refractivity contribution >= 4 is 12.1 Å². The van der Waals surface area contributed by atoms with E-state index in [9.17, 15) is 4.79 Å². The van der Waals surface area contributed by atoms with Gasteiger partial charge in [0.2, 0.25) is 5.91 Å². The highest BCUT2D eigenvalue weighted by molar-refractivity contribution is 5.82. The van der Waals surface area contributed by atoms with E-state index in [2.05, 4.69) is 0 Å². The van der Waals surface area contributed by atoms with Gasteiger partial charge in [-0.15, -0.1) is 0 Å².